The van der Waals surface area contributed by atoms with Gasteiger partial charge in [-0.1, -0.05) is 62.7 Å². The molecule has 3 rings (SSSR count). The number of hydrogen-bond acceptors (Lipinski definition) is 5. The summed E-state index contributed by atoms with van der Waals surface area (Å²) in [5.41, 5.74) is 0.643. The Morgan fingerprint density at radius 1 is 1.02 bits per heavy atom. The number of nitrogens with zero attached hydrogens (tertiary/aromatic N) is 2. The van der Waals surface area contributed by atoms with Crippen molar-refractivity contribution >= 4 is 39.1 Å². The number of amides is 2. The smallest absolute Gasteiger partial charge is 0.264 e. The second-order valence-corrected chi connectivity index (χ2v) is 12.2. The number of carbonyl (C=O) groups is 2. The van der Waals surface area contributed by atoms with Gasteiger partial charge < -0.3 is 15.0 Å². The number of methoxy groups -OCH3 is 1. The van der Waals surface area contributed by atoms with Gasteiger partial charge in [-0.3, -0.25) is 13.9 Å². The van der Waals surface area contributed by atoms with Gasteiger partial charge in [0.2, 0.25) is 11.8 Å². The second-order valence-electron chi connectivity index (χ2n) is 9.85. The van der Waals surface area contributed by atoms with Crippen LogP contribution in [0.2, 0.25) is 5.02 Å². The van der Waals surface area contributed by atoms with Crippen molar-refractivity contribution < 1.29 is 27.1 Å². The highest BCUT2D eigenvalue weighted by Crippen LogP contribution is 2.35. The molecule has 0 aromatic heterocycles. The fraction of sp³-hybridized carbons (Fsp3) is 0.333. The average molecular weight is 604 g/mol. The van der Waals surface area contributed by atoms with E-state index < -0.39 is 34.3 Å². The predicted octanol–water partition coefficient (Wildman–Crippen LogP) is 5.26. The highest BCUT2D eigenvalue weighted by Gasteiger charge is 2.34. The third-order valence-electron chi connectivity index (χ3n) is 6.36. The lowest BCUT2D eigenvalue weighted by Gasteiger charge is -2.33. The van der Waals surface area contributed by atoms with Gasteiger partial charge in [-0.15, -0.1) is 0 Å². The molecule has 0 bridgehead atoms. The highest BCUT2D eigenvalue weighted by molar-refractivity contribution is 7.92. The monoisotopic (exact) mass is 603 g/mol. The summed E-state index contributed by atoms with van der Waals surface area (Å²) < 4.78 is 47.9. The Balaban J connectivity index is 2.10. The molecule has 1 N–H and O–H groups in total. The van der Waals surface area contributed by atoms with Gasteiger partial charge in [0.15, 0.2) is 0 Å². The van der Waals surface area contributed by atoms with Crippen molar-refractivity contribution in [1.29, 1.82) is 0 Å². The number of carbonyl (C=O) groups excluding carboxylic acids is 2. The van der Waals surface area contributed by atoms with Crippen LogP contribution < -0.4 is 14.4 Å². The molecule has 220 valence electrons. The van der Waals surface area contributed by atoms with Crippen LogP contribution in [0, 0.1) is 11.7 Å². The maximum atomic E-state index is 14.1. The van der Waals surface area contributed by atoms with E-state index in [4.69, 9.17) is 16.3 Å². The third-order valence-corrected chi connectivity index (χ3v) is 8.37. The molecule has 0 saturated carbocycles. The maximum absolute atomic E-state index is 14.1. The van der Waals surface area contributed by atoms with E-state index in [9.17, 15) is 22.4 Å². The quantitative estimate of drug-likeness (QED) is 0.287. The fourth-order valence-electron chi connectivity index (χ4n) is 4.22. The summed E-state index contributed by atoms with van der Waals surface area (Å²) >= 11 is 6.25. The summed E-state index contributed by atoms with van der Waals surface area (Å²) in [4.78, 5) is 28.6. The Kier molecular flexibility index (Phi) is 11.1. The van der Waals surface area contributed by atoms with Gasteiger partial charge in [-0.2, -0.15) is 0 Å². The summed E-state index contributed by atoms with van der Waals surface area (Å²) in [5, 5.41) is 3.11. The van der Waals surface area contributed by atoms with Gasteiger partial charge in [-0.25, -0.2) is 12.8 Å². The van der Waals surface area contributed by atoms with Crippen molar-refractivity contribution in [3.63, 3.8) is 0 Å². The van der Waals surface area contributed by atoms with E-state index in [1.807, 2.05) is 13.8 Å². The second kappa shape index (κ2) is 14.3. The van der Waals surface area contributed by atoms with Crippen LogP contribution in [0.5, 0.6) is 5.75 Å². The van der Waals surface area contributed by atoms with Crippen LogP contribution in [-0.4, -0.2) is 51.4 Å². The van der Waals surface area contributed by atoms with Gasteiger partial charge in [-0.05, 0) is 60.4 Å². The van der Waals surface area contributed by atoms with E-state index in [0.717, 1.165) is 4.31 Å². The fourth-order valence-corrected chi connectivity index (χ4v) is 5.82. The van der Waals surface area contributed by atoms with Gasteiger partial charge in [0, 0.05) is 18.1 Å². The van der Waals surface area contributed by atoms with Gasteiger partial charge in [0.1, 0.15) is 24.2 Å². The maximum Gasteiger partial charge on any atom is 0.264 e. The standard InChI is InChI=1S/C30H35ClFN3O5S/c1-5-26(30(37)33-18-21(2)3)34(19-22-11-14-24(32)15-12-22)29(36)20-35(27-17-23(31)13-16-28(27)40-4)41(38,39)25-9-7-6-8-10-25/h6-17,21,26H,5,18-20H2,1-4H3,(H,33,37). The van der Waals surface area contributed by atoms with E-state index in [-0.39, 0.29) is 46.1 Å². The SMILES string of the molecule is CCC(C(=O)NCC(C)C)N(Cc1ccc(F)cc1)C(=O)CN(c1cc(Cl)ccc1OC)S(=O)(=O)c1ccccc1. The Labute approximate surface area is 246 Å². The van der Waals surface area contributed by atoms with Gasteiger partial charge in [0.05, 0.1) is 17.7 Å². The number of nitrogens with one attached hydrogen (secondary N) is 1. The molecule has 0 heterocycles. The number of benzene rings is 3. The summed E-state index contributed by atoms with van der Waals surface area (Å²) in [6.07, 6.45) is 0.267. The molecule has 8 nitrogen and oxygen atoms in total. The van der Waals surface area contributed by atoms with Crippen molar-refractivity contribution in [3.05, 3.63) is 89.2 Å². The largest absolute Gasteiger partial charge is 0.495 e. The molecule has 41 heavy (non-hydrogen) atoms. The van der Waals surface area contributed by atoms with Gasteiger partial charge in [0.25, 0.3) is 10.0 Å². The lowest BCUT2D eigenvalue weighted by Crippen LogP contribution is -2.52. The lowest BCUT2D eigenvalue weighted by molar-refractivity contribution is -0.140. The first kappa shape index (κ1) is 31.9. The van der Waals surface area contributed by atoms with E-state index in [0.29, 0.717) is 12.1 Å². The molecule has 2 amide bonds. The van der Waals surface area contributed by atoms with Crippen LogP contribution in [0.3, 0.4) is 0 Å². The first-order valence-corrected chi connectivity index (χ1v) is 15.0. The molecule has 0 aliphatic carbocycles. The number of hydrogen-bond donors (Lipinski definition) is 1. The minimum absolute atomic E-state index is 0.0402. The average Bonchev–Trinajstić information content (AvgIpc) is 2.95. The van der Waals surface area contributed by atoms with Crippen molar-refractivity contribution in [2.24, 2.45) is 5.92 Å². The normalized spacial score (nSPS) is 12.1. The zero-order chi connectivity index (χ0) is 30.2. The van der Waals surface area contributed by atoms with Crippen molar-refractivity contribution in [3.8, 4) is 5.75 Å². The highest BCUT2D eigenvalue weighted by atomic mass is 35.5. The molecule has 1 atom stereocenters. The molecule has 0 fully saturated rings. The van der Waals surface area contributed by atoms with E-state index >= 15 is 0 Å². The Morgan fingerprint density at radius 2 is 1.68 bits per heavy atom. The lowest BCUT2D eigenvalue weighted by atomic mass is 10.1. The van der Waals surface area contributed by atoms with E-state index in [2.05, 4.69) is 5.32 Å². The van der Waals surface area contributed by atoms with Crippen LogP contribution in [0.1, 0.15) is 32.8 Å². The number of ether oxygens (including phenoxy) is 1. The minimum Gasteiger partial charge on any atom is -0.495 e. The Bertz CT molecular complexity index is 1440. The Hall–Kier alpha value is -3.63. The van der Waals surface area contributed by atoms with E-state index in [1.165, 1.54) is 60.5 Å². The van der Waals surface area contributed by atoms with Crippen LogP contribution in [-0.2, 0) is 26.2 Å². The first-order valence-electron chi connectivity index (χ1n) is 13.2. The first-order chi connectivity index (χ1) is 19.5. The van der Waals surface area contributed by atoms with Crippen molar-refractivity contribution in [2.45, 2.75) is 44.7 Å². The van der Waals surface area contributed by atoms with Gasteiger partial charge >= 0.3 is 0 Å². The Morgan fingerprint density at radius 3 is 2.27 bits per heavy atom. The molecular formula is C30H35ClFN3O5S. The van der Waals surface area contributed by atoms with Crippen LogP contribution in [0.15, 0.2) is 77.7 Å². The molecule has 0 radical (unpaired) electrons. The summed E-state index contributed by atoms with van der Waals surface area (Å²) in [5.74, 6) is -1.08. The van der Waals surface area contributed by atoms with E-state index in [1.54, 1.807) is 31.2 Å². The number of rotatable bonds is 13. The number of halogens is 2. The molecule has 0 aliphatic heterocycles. The third kappa shape index (κ3) is 8.20. The summed E-state index contributed by atoms with van der Waals surface area (Å²) in [6, 6.07) is 16.8. The zero-order valence-corrected chi connectivity index (χ0v) is 25.1. The van der Waals surface area contributed by atoms with Crippen LogP contribution >= 0.6 is 11.6 Å². The van der Waals surface area contributed by atoms with Crippen LogP contribution in [0.4, 0.5) is 10.1 Å². The van der Waals surface area contributed by atoms with Crippen molar-refractivity contribution in [2.75, 3.05) is 24.5 Å². The van der Waals surface area contributed by atoms with Crippen molar-refractivity contribution in [1.82, 2.24) is 10.2 Å². The summed E-state index contributed by atoms with van der Waals surface area (Å²) in [6.45, 7) is 5.38. The summed E-state index contributed by atoms with van der Waals surface area (Å²) in [7, 11) is -2.90. The van der Waals surface area contributed by atoms with Crippen LogP contribution in [0.25, 0.3) is 0 Å². The predicted molar refractivity (Wildman–Crippen MR) is 158 cm³/mol. The molecule has 0 saturated heterocycles. The molecule has 11 heteroatoms. The number of anilines is 1. The molecule has 1 unspecified atom stereocenters. The topological polar surface area (TPSA) is 96.0 Å². The molecule has 3 aromatic carbocycles. The number of sulfonamides is 1. The molecule has 0 aliphatic rings. The molecular weight excluding hydrogens is 569 g/mol. The minimum atomic E-state index is -4.29. The zero-order valence-electron chi connectivity index (χ0n) is 23.5. The molecule has 3 aromatic rings. The molecule has 0 spiro atoms.